The van der Waals surface area contributed by atoms with Gasteiger partial charge in [-0.25, -0.2) is 10.4 Å². The number of non-ortho nitro benzene ring substituents is 1. The molecule has 1 N–H and O–H groups in total. The number of nitro benzene ring substituents is 1. The molecule has 0 bridgehead atoms. The number of aromatic nitrogens is 2. The first-order valence-electron chi connectivity index (χ1n) is 9.10. The minimum absolute atomic E-state index is 0.00992. The largest absolute Gasteiger partial charge is 0.455 e. The van der Waals surface area contributed by atoms with Crippen LogP contribution in [0.4, 0.5) is 5.69 Å². The van der Waals surface area contributed by atoms with Crippen molar-refractivity contribution in [2.75, 3.05) is 0 Å². The Morgan fingerprint density at radius 3 is 2.73 bits per heavy atom. The van der Waals surface area contributed by atoms with Gasteiger partial charge < -0.3 is 8.98 Å². The van der Waals surface area contributed by atoms with Gasteiger partial charge in [0.15, 0.2) is 0 Å². The van der Waals surface area contributed by atoms with Crippen molar-refractivity contribution in [1.82, 2.24) is 15.0 Å². The summed E-state index contributed by atoms with van der Waals surface area (Å²) in [5, 5.41) is 14.7. The lowest BCUT2D eigenvalue weighted by molar-refractivity contribution is -0.384. The van der Waals surface area contributed by atoms with E-state index in [9.17, 15) is 14.9 Å². The van der Waals surface area contributed by atoms with E-state index in [0.717, 1.165) is 16.9 Å². The van der Waals surface area contributed by atoms with Crippen molar-refractivity contribution in [2.24, 2.45) is 5.10 Å². The molecule has 0 radical (unpaired) electrons. The van der Waals surface area contributed by atoms with Gasteiger partial charge in [0, 0.05) is 17.7 Å². The molecule has 0 unspecified atom stereocenters. The normalized spacial score (nSPS) is 11.2. The van der Waals surface area contributed by atoms with E-state index in [1.54, 1.807) is 24.3 Å². The molecule has 2 heterocycles. The predicted octanol–water partition coefficient (Wildman–Crippen LogP) is 3.66. The zero-order valence-electron chi connectivity index (χ0n) is 16.0. The molecule has 9 heteroatoms. The standard InChI is InChI=1S/C21H17N5O4/c1-14-23-18-4-2-3-5-19(18)25(14)13-21(27)24-22-12-17-10-11-20(30-17)15-6-8-16(9-7-15)26(28)29/h2-12H,13H2,1H3,(H,24,27)/b22-12-. The highest BCUT2D eigenvalue weighted by molar-refractivity contribution is 5.83. The lowest BCUT2D eigenvalue weighted by atomic mass is 10.1. The van der Waals surface area contributed by atoms with Gasteiger partial charge >= 0.3 is 0 Å². The Morgan fingerprint density at radius 2 is 1.97 bits per heavy atom. The summed E-state index contributed by atoms with van der Waals surface area (Å²) in [5.41, 5.74) is 4.90. The van der Waals surface area contributed by atoms with Crippen LogP contribution in [-0.4, -0.2) is 26.6 Å². The number of fused-ring (bicyclic) bond motifs is 1. The zero-order chi connectivity index (χ0) is 21.1. The van der Waals surface area contributed by atoms with Gasteiger partial charge in [0.2, 0.25) is 0 Å². The highest BCUT2D eigenvalue weighted by Gasteiger charge is 2.11. The van der Waals surface area contributed by atoms with Crippen molar-refractivity contribution in [3.05, 3.63) is 82.4 Å². The third-order valence-corrected chi connectivity index (χ3v) is 4.52. The number of nitro groups is 1. The number of benzene rings is 2. The molecule has 9 nitrogen and oxygen atoms in total. The number of aryl methyl sites for hydroxylation is 1. The lowest BCUT2D eigenvalue weighted by Gasteiger charge is -2.05. The second-order valence-corrected chi connectivity index (χ2v) is 6.53. The van der Waals surface area contributed by atoms with Crippen molar-refractivity contribution in [2.45, 2.75) is 13.5 Å². The molecule has 0 aliphatic carbocycles. The number of rotatable bonds is 6. The Bertz CT molecular complexity index is 1250. The number of hydrogen-bond donors (Lipinski definition) is 1. The van der Waals surface area contributed by atoms with Crippen LogP contribution in [0, 0.1) is 17.0 Å². The molecule has 1 amide bonds. The van der Waals surface area contributed by atoms with Gasteiger partial charge in [0.1, 0.15) is 23.9 Å². The van der Waals surface area contributed by atoms with Crippen molar-refractivity contribution in [3.8, 4) is 11.3 Å². The molecular formula is C21H17N5O4. The summed E-state index contributed by atoms with van der Waals surface area (Å²) in [5.74, 6) is 1.43. The molecule has 0 saturated carbocycles. The SMILES string of the molecule is Cc1nc2ccccc2n1CC(=O)N/N=C\c1ccc(-c2ccc([N+](=O)[O-])cc2)o1. The number of carbonyl (C=O) groups is 1. The van der Waals surface area contributed by atoms with Gasteiger partial charge in [-0.3, -0.25) is 14.9 Å². The average molecular weight is 403 g/mol. The molecule has 2 aromatic carbocycles. The monoisotopic (exact) mass is 403 g/mol. The second-order valence-electron chi connectivity index (χ2n) is 6.53. The van der Waals surface area contributed by atoms with E-state index >= 15 is 0 Å². The number of para-hydroxylation sites is 2. The first kappa shape index (κ1) is 19.1. The quantitative estimate of drug-likeness (QED) is 0.300. The molecule has 150 valence electrons. The van der Waals surface area contributed by atoms with Gasteiger partial charge in [-0.15, -0.1) is 0 Å². The summed E-state index contributed by atoms with van der Waals surface area (Å²) in [7, 11) is 0. The topological polar surface area (TPSA) is 116 Å². The van der Waals surface area contributed by atoms with Gasteiger partial charge in [0.05, 0.1) is 22.2 Å². The van der Waals surface area contributed by atoms with E-state index in [0.29, 0.717) is 17.1 Å². The zero-order valence-corrected chi connectivity index (χ0v) is 16.0. The Morgan fingerprint density at radius 1 is 1.20 bits per heavy atom. The van der Waals surface area contributed by atoms with E-state index in [1.807, 2.05) is 35.8 Å². The van der Waals surface area contributed by atoms with Crippen molar-refractivity contribution in [1.29, 1.82) is 0 Å². The van der Waals surface area contributed by atoms with Crippen molar-refractivity contribution in [3.63, 3.8) is 0 Å². The van der Waals surface area contributed by atoms with Gasteiger partial charge in [-0.1, -0.05) is 12.1 Å². The van der Waals surface area contributed by atoms with Crippen LogP contribution in [0.5, 0.6) is 0 Å². The predicted molar refractivity (Wildman–Crippen MR) is 111 cm³/mol. The molecular weight excluding hydrogens is 386 g/mol. The fourth-order valence-corrected chi connectivity index (χ4v) is 3.07. The smallest absolute Gasteiger partial charge is 0.269 e. The number of nitrogens with zero attached hydrogens (tertiary/aromatic N) is 4. The van der Waals surface area contributed by atoms with E-state index in [2.05, 4.69) is 15.5 Å². The third kappa shape index (κ3) is 3.95. The molecule has 0 spiro atoms. The number of imidazole rings is 1. The molecule has 0 aliphatic heterocycles. The summed E-state index contributed by atoms with van der Waals surface area (Å²) in [6.07, 6.45) is 1.39. The molecule has 4 aromatic rings. The minimum atomic E-state index is -0.458. The number of hydrogen-bond acceptors (Lipinski definition) is 6. The Kier molecular flexibility index (Phi) is 5.08. The summed E-state index contributed by atoms with van der Waals surface area (Å²) >= 11 is 0. The van der Waals surface area contributed by atoms with Crippen LogP contribution >= 0.6 is 0 Å². The number of nitrogens with one attached hydrogen (secondary N) is 1. The van der Waals surface area contributed by atoms with E-state index in [1.165, 1.54) is 18.3 Å². The molecule has 0 fully saturated rings. The fraction of sp³-hybridized carbons (Fsp3) is 0.0952. The van der Waals surface area contributed by atoms with Crippen LogP contribution in [0.15, 0.2) is 70.2 Å². The van der Waals surface area contributed by atoms with Gasteiger partial charge in [0.25, 0.3) is 11.6 Å². The molecule has 4 rings (SSSR count). The van der Waals surface area contributed by atoms with Crippen LogP contribution in [-0.2, 0) is 11.3 Å². The summed E-state index contributed by atoms with van der Waals surface area (Å²) in [6, 6.07) is 17.1. The van der Waals surface area contributed by atoms with Crippen LogP contribution < -0.4 is 5.43 Å². The highest BCUT2D eigenvalue weighted by atomic mass is 16.6. The van der Waals surface area contributed by atoms with Crippen molar-refractivity contribution >= 4 is 28.8 Å². The molecule has 30 heavy (non-hydrogen) atoms. The maximum atomic E-state index is 12.3. The lowest BCUT2D eigenvalue weighted by Crippen LogP contribution is -2.23. The van der Waals surface area contributed by atoms with E-state index in [4.69, 9.17) is 4.42 Å². The first-order valence-corrected chi connectivity index (χ1v) is 9.10. The minimum Gasteiger partial charge on any atom is -0.455 e. The number of amides is 1. The Labute approximate surface area is 170 Å². The summed E-state index contributed by atoms with van der Waals surface area (Å²) in [6.45, 7) is 1.94. The summed E-state index contributed by atoms with van der Waals surface area (Å²) < 4.78 is 7.47. The molecule has 0 aliphatic rings. The highest BCUT2D eigenvalue weighted by Crippen LogP contribution is 2.24. The molecule has 2 aromatic heterocycles. The van der Waals surface area contributed by atoms with Crippen LogP contribution in [0.3, 0.4) is 0 Å². The Balaban J connectivity index is 1.39. The Hall–Kier alpha value is -4.27. The van der Waals surface area contributed by atoms with Crippen molar-refractivity contribution < 1.29 is 14.1 Å². The maximum Gasteiger partial charge on any atom is 0.269 e. The number of furan rings is 1. The first-order chi connectivity index (χ1) is 14.5. The van der Waals surface area contributed by atoms with Gasteiger partial charge in [-0.05, 0) is 43.3 Å². The van der Waals surface area contributed by atoms with E-state index < -0.39 is 4.92 Å². The molecule has 0 saturated heterocycles. The number of hydrazone groups is 1. The third-order valence-electron chi connectivity index (χ3n) is 4.52. The van der Waals surface area contributed by atoms with Gasteiger partial charge in [-0.2, -0.15) is 5.10 Å². The average Bonchev–Trinajstić information content (AvgIpc) is 3.33. The molecule has 0 atom stereocenters. The second kappa shape index (κ2) is 8.00. The fourth-order valence-electron chi connectivity index (χ4n) is 3.07. The maximum absolute atomic E-state index is 12.3. The van der Waals surface area contributed by atoms with Crippen LogP contribution in [0.25, 0.3) is 22.4 Å². The van der Waals surface area contributed by atoms with Crippen LogP contribution in [0.1, 0.15) is 11.6 Å². The van der Waals surface area contributed by atoms with Crippen LogP contribution in [0.2, 0.25) is 0 Å². The number of carbonyl (C=O) groups excluding carboxylic acids is 1. The summed E-state index contributed by atoms with van der Waals surface area (Å²) in [4.78, 5) is 27.0. The van der Waals surface area contributed by atoms with E-state index in [-0.39, 0.29) is 18.1 Å².